The third kappa shape index (κ3) is 3.47. The molecular formula is C19H17ClN2O4. The molecular weight excluding hydrogens is 356 g/mol. The van der Waals surface area contributed by atoms with Gasteiger partial charge in [-0.25, -0.2) is 0 Å². The number of amides is 3. The van der Waals surface area contributed by atoms with Crippen LogP contribution in [0.4, 0.5) is 0 Å². The van der Waals surface area contributed by atoms with Crippen molar-refractivity contribution in [3.8, 4) is 0 Å². The number of carbonyl (C=O) groups is 3. The quantitative estimate of drug-likeness (QED) is 0.790. The van der Waals surface area contributed by atoms with Crippen LogP contribution in [0.1, 0.15) is 32.4 Å². The van der Waals surface area contributed by atoms with Crippen LogP contribution >= 0.6 is 11.6 Å². The third-order valence-electron chi connectivity index (χ3n) is 4.20. The Morgan fingerprint density at radius 2 is 1.65 bits per heavy atom. The minimum absolute atomic E-state index is 0.169. The number of hydrogen-bond donors (Lipinski definition) is 1. The van der Waals surface area contributed by atoms with Crippen LogP contribution in [0.15, 0.2) is 48.5 Å². The zero-order valence-electron chi connectivity index (χ0n) is 14.1. The normalized spacial score (nSPS) is 14.3. The van der Waals surface area contributed by atoms with Gasteiger partial charge >= 0.3 is 0 Å². The lowest BCUT2D eigenvalue weighted by Gasteiger charge is -2.19. The molecule has 7 heteroatoms. The van der Waals surface area contributed by atoms with Gasteiger partial charge in [-0.05, 0) is 18.2 Å². The SMILES string of the molecule is COC(CNC(=O)CN1C(=O)c2ccccc2C1=O)c1ccccc1Cl. The molecule has 3 amide bonds. The molecule has 0 saturated carbocycles. The Labute approximate surface area is 155 Å². The number of rotatable bonds is 6. The Morgan fingerprint density at radius 1 is 1.08 bits per heavy atom. The summed E-state index contributed by atoms with van der Waals surface area (Å²) in [6.07, 6.45) is -0.435. The fourth-order valence-corrected chi connectivity index (χ4v) is 3.10. The van der Waals surface area contributed by atoms with E-state index < -0.39 is 23.8 Å². The van der Waals surface area contributed by atoms with Gasteiger partial charge < -0.3 is 10.1 Å². The van der Waals surface area contributed by atoms with Gasteiger partial charge in [0.15, 0.2) is 0 Å². The Balaban J connectivity index is 1.62. The molecule has 0 radical (unpaired) electrons. The maximum absolute atomic E-state index is 12.3. The van der Waals surface area contributed by atoms with Gasteiger partial charge in [0.25, 0.3) is 11.8 Å². The van der Waals surface area contributed by atoms with Crippen molar-refractivity contribution in [2.45, 2.75) is 6.10 Å². The van der Waals surface area contributed by atoms with Crippen molar-refractivity contribution in [1.29, 1.82) is 0 Å². The van der Waals surface area contributed by atoms with Gasteiger partial charge in [-0.2, -0.15) is 0 Å². The van der Waals surface area contributed by atoms with E-state index in [4.69, 9.17) is 16.3 Å². The maximum Gasteiger partial charge on any atom is 0.262 e. The molecule has 1 heterocycles. The first-order valence-corrected chi connectivity index (χ1v) is 8.40. The van der Waals surface area contributed by atoms with E-state index in [0.717, 1.165) is 10.5 Å². The summed E-state index contributed by atoms with van der Waals surface area (Å²) in [4.78, 5) is 37.7. The number of benzene rings is 2. The molecule has 134 valence electrons. The van der Waals surface area contributed by atoms with Gasteiger partial charge in [0.05, 0.1) is 11.1 Å². The van der Waals surface area contributed by atoms with E-state index in [0.29, 0.717) is 16.1 Å². The molecule has 2 aromatic carbocycles. The summed E-state index contributed by atoms with van der Waals surface area (Å²) in [5.41, 5.74) is 1.38. The molecule has 0 bridgehead atoms. The highest BCUT2D eigenvalue weighted by Gasteiger charge is 2.36. The van der Waals surface area contributed by atoms with Crippen LogP contribution in [0.5, 0.6) is 0 Å². The largest absolute Gasteiger partial charge is 0.375 e. The fourth-order valence-electron chi connectivity index (χ4n) is 2.85. The minimum Gasteiger partial charge on any atom is -0.375 e. The molecule has 2 aromatic rings. The van der Waals surface area contributed by atoms with Crippen molar-refractivity contribution in [3.63, 3.8) is 0 Å². The number of ether oxygens (including phenoxy) is 1. The summed E-state index contributed by atoms with van der Waals surface area (Å²) in [5.74, 6) is -1.38. The molecule has 0 saturated heterocycles. The monoisotopic (exact) mass is 372 g/mol. The molecule has 0 aliphatic carbocycles. The van der Waals surface area contributed by atoms with Crippen LogP contribution in [-0.2, 0) is 9.53 Å². The summed E-state index contributed by atoms with van der Waals surface area (Å²) < 4.78 is 5.38. The molecule has 1 N–H and O–H groups in total. The molecule has 1 aliphatic rings. The highest BCUT2D eigenvalue weighted by atomic mass is 35.5. The lowest BCUT2D eigenvalue weighted by Crippen LogP contribution is -2.41. The topological polar surface area (TPSA) is 75.7 Å². The second-order valence-corrected chi connectivity index (χ2v) is 6.20. The van der Waals surface area contributed by atoms with Crippen molar-refractivity contribution >= 4 is 29.3 Å². The first-order valence-electron chi connectivity index (χ1n) is 8.02. The van der Waals surface area contributed by atoms with E-state index in [1.807, 2.05) is 12.1 Å². The molecule has 0 fully saturated rings. The Hall–Kier alpha value is -2.70. The Bertz CT molecular complexity index is 833. The Morgan fingerprint density at radius 3 is 2.23 bits per heavy atom. The van der Waals surface area contributed by atoms with Crippen LogP contribution < -0.4 is 5.32 Å². The van der Waals surface area contributed by atoms with Crippen molar-refractivity contribution in [3.05, 3.63) is 70.2 Å². The average molecular weight is 373 g/mol. The summed E-state index contributed by atoms with van der Waals surface area (Å²) in [6.45, 7) is -0.173. The minimum atomic E-state index is -0.463. The molecule has 1 aliphatic heterocycles. The number of nitrogens with one attached hydrogen (secondary N) is 1. The molecule has 6 nitrogen and oxygen atoms in total. The van der Waals surface area contributed by atoms with Crippen molar-refractivity contribution in [2.75, 3.05) is 20.2 Å². The van der Waals surface area contributed by atoms with Gasteiger partial charge in [-0.15, -0.1) is 0 Å². The van der Waals surface area contributed by atoms with Crippen molar-refractivity contribution in [2.24, 2.45) is 0 Å². The van der Waals surface area contributed by atoms with Crippen molar-refractivity contribution in [1.82, 2.24) is 10.2 Å². The zero-order valence-corrected chi connectivity index (χ0v) is 14.8. The highest BCUT2D eigenvalue weighted by Crippen LogP contribution is 2.25. The van der Waals surface area contributed by atoms with Gasteiger partial charge in [-0.3, -0.25) is 19.3 Å². The van der Waals surface area contributed by atoms with Crippen LogP contribution in [0.25, 0.3) is 0 Å². The first-order chi connectivity index (χ1) is 12.5. The van der Waals surface area contributed by atoms with E-state index in [1.165, 1.54) is 7.11 Å². The lowest BCUT2D eigenvalue weighted by molar-refractivity contribution is -0.122. The van der Waals surface area contributed by atoms with E-state index in [9.17, 15) is 14.4 Å². The van der Waals surface area contributed by atoms with Crippen LogP contribution in [-0.4, -0.2) is 42.8 Å². The van der Waals surface area contributed by atoms with Crippen LogP contribution in [0, 0.1) is 0 Å². The predicted octanol–water partition coefficient (Wildman–Crippen LogP) is 2.44. The highest BCUT2D eigenvalue weighted by molar-refractivity contribution is 6.31. The number of halogens is 1. The maximum atomic E-state index is 12.3. The summed E-state index contributed by atoms with van der Waals surface area (Å²) in [6, 6.07) is 13.7. The molecule has 26 heavy (non-hydrogen) atoms. The Kier molecular flexibility index (Phi) is 5.35. The summed E-state index contributed by atoms with van der Waals surface area (Å²) in [5, 5.41) is 3.22. The van der Waals surface area contributed by atoms with Crippen LogP contribution in [0.3, 0.4) is 0 Å². The van der Waals surface area contributed by atoms with Crippen LogP contribution in [0.2, 0.25) is 5.02 Å². The summed E-state index contributed by atoms with van der Waals surface area (Å²) in [7, 11) is 1.52. The molecule has 0 spiro atoms. The number of carbonyl (C=O) groups excluding carboxylic acids is 3. The average Bonchev–Trinajstić information content (AvgIpc) is 2.89. The zero-order chi connectivity index (χ0) is 18.7. The first kappa shape index (κ1) is 18.1. The molecule has 1 unspecified atom stereocenters. The summed E-state index contributed by atoms with van der Waals surface area (Å²) >= 11 is 6.15. The van der Waals surface area contributed by atoms with Gasteiger partial charge in [0, 0.05) is 24.2 Å². The fraction of sp³-hybridized carbons (Fsp3) is 0.211. The second-order valence-electron chi connectivity index (χ2n) is 5.79. The number of methoxy groups -OCH3 is 1. The predicted molar refractivity (Wildman–Crippen MR) is 96.0 cm³/mol. The standard InChI is InChI=1S/C19H17ClN2O4/c1-26-16(14-8-4-5-9-15(14)20)10-21-17(23)11-22-18(24)12-6-2-3-7-13(12)19(22)25/h2-9,16H,10-11H2,1H3,(H,21,23). The third-order valence-corrected chi connectivity index (χ3v) is 4.55. The number of hydrogen-bond acceptors (Lipinski definition) is 4. The number of nitrogens with zero attached hydrogens (tertiary/aromatic N) is 1. The molecule has 3 rings (SSSR count). The van der Waals surface area contributed by atoms with E-state index in [2.05, 4.69) is 5.32 Å². The number of imide groups is 1. The van der Waals surface area contributed by atoms with E-state index in [1.54, 1.807) is 36.4 Å². The molecule has 1 atom stereocenters. The molecule has 0 aromatic heterocycles. The second kappa shape index (κ2) is 7.68. The van der Waals surface area contributed by atoms with E-state index in [-0.39, 0.29) is 13.1 Å². The van der Waals surface area contributed by atoms with Gasteiger partial charge in [0.1, 0.15) is 12.6 Å². The lowest BCUT2D eigenvalue weighted by atomic mass is 10.1. The van der Waals surface area contributed by atoms with Gasteiger partial charge in [-0.1, -0.05) is 41.9 Å². The van der Waals surface area contributed by atoms with Gasteiger partial charge in [0.2, 0.25) is 5.91 Å². The van der Waals surface area contributed by atoms with E-state index >= 15 is 0 Å². The van der Waals surface area contributed by atoms with Crippen molar-refractivity contribution < 1.29 is 19.1 Å². The smallest absolute Gasteiger partial charge is 0.262 e. The number of fused-ring (bicyclic) bond motifs is 1.